The van der Waals surface area contributed by atoms with E-state index in [1.807, 2.05) is 0 Å². The number of hydrogen-bond donors (Lipinski definition) is 1. The molecule has 14 heteroatoms. The molecule has 0 saturated heterocycles. The summed E-state index contributed by atoms with van der Waals surface area (Å²) in [6.45, 7) is 0. The van der Waals surface area contributed by atoms with Gasteiger partial charge >= 0.3 is 22.4 Å². The molecule has 1 amide bonds. The van der Waals surface area contributed by atoms with Crippen LogP contribution in [0.1, 0.15) is 11.3 Å². The van der Waals surface area contributed by atoms with Crippen molar-refractivity contribution in [3.8, 4) is 5.82 Å². The Morgan fingerprint density at radius 2 is 2.07 bits per heavy atom. The highest BCUT2D eigenvalue weighted by molar-refractivity contribution is 7.87. The van der Waals surface area contributed by atoms with Gasteiger partial charge in [-0.25, -0.2) is 9.78 Å². The van der Waals surface area contributed by atoms with Crippen LogP contribution in [0.5, 0.6) is 0 Å². The number of nitrogens with zero attached hydrogens (tertiary/aromatic N) is 4. The average Bonchev–Trinajstić information content (AvgIpc) is 3.11. The van der Waals surface area contributed by atoms with Gasteiger partial charge in [0.2, 0.25) is 0 Å². The van der Waals surface area contributed by atoms with Gasteiger partial charge < -0.3 is 9.92 Å². The summed E-state index contributed by atoms with van der Waals surface area (Å²) in [5.74, 6) is -0.965. The lowest BCUT2D eigenvalue weighted by molar-refractivity contribution is -0.142. The Kier molecular flexibility index (Phi) is 5.21. The second kappa shape index (κ2) is 7.22. The first-order valence-corrected chi connectivity index (χ1v) is 9.82. The molecule has 0 atom stereocenters. The molecule has 0 fully saturated rings. The third kappa shape index (κ3) is 4.29. The first-order chi connectivity index (χ1) is 13.4. The van der Waals surface area contributed by atoms with Crippen molar-refractivity contribution in [1.82, 2.24) is 19.3 Å². The summed E-state index contributed by atoms with van der Waals surface area (Å²) in [5.41, 5.74) is 3.29. The highest BCUT2D eigenvalue weighted by Crippen LogP contribution is 2.35. The lowest BCUT2D eigenvalue weighted by atomic mass is 10.1. The van der Waals surface area contributed by atoms with Gasteiger partial charge in [-0.15, -0.1) is 0 Å². The summed E-state index contributed by atoms with van der Waals surface area (Å²) in [6, 6.07) is 3.16. The molecule has 9 nitrogen and oxygen atoms in total. The highest BCUT2D eigenvalue weighted by atomic mass is 35.5. The zero-order chi connectivity index (χ0) is 21.6. The summed E-state index contributed by atoms with van der Waals surface area (Å²) in [6.07, 6.45) is -4.28. The monoisotopic (exact) mass is 451 g/mol. The van der Waals surface area contributed by atoms with Crippen LogP contribution < -0.4 is 5.73 Å². The molecule has 3 rings (SSSR count). The van der Waals surface area contributed by atoms with Gasteiger partial charge in [0.1, 0.15) is 11.5 Å². The number of rotatable bonds is 5. The van der Waals surface area contributed by atoms with E-state index in [-0.39, 0.29) is 5.82 Å². The Morgan fingerprint density at radius 3 is 2.69 bits per heavy atom. The van der Waals surface area contributed by atoms with Crippen molar-refractivity contribution < 1.29 is 30.6 Å². The topological polar surface area (TPSA) is 122 Å². The number of carbonyl (C=O) groups is 1. The van der Waals surface area contributed by atoms with Gasteiger partial charge in [0, 0.05) is 30.4 Å². The minimum Gasteiger partial charge on any atom is -0.334 e. The quantitative estimate of drug-likeness (QED) is 0.594. The third-order valence-corrected chi connectivity index (χ3v) is 5.24. The highest BCUT2D eigenvalue weighted by Gasteiger charge is 2.39. The Morgan fingerprint density at radius 1 is 1.38 bits per heavy atom. The van der Waals surface area contributed by atoms with Gasteiger partial charge in [-0.2, -0.15) is 26.7 Å². The van der Waals surface area contributed by atoms with Gasteiger partial charge in [0.15, 0.2) is 5.69 Å². The summed E-state index contributed by atoms with van der Waals surface area (Å²) >= 11 is 5.89. The summed E-state index contributed by atoms with van der Waals surface area (Å²) < 4.78 is 70.3. The fraction of sp³-hybridized carbons (Fsp3) is 0.267. The number of hydrogen-bond acceptors (Lipinski definition) is 6. The third-order valence-electron chi connectivity index (χ3n) is 3.91. The van der Waals surface area contributed by atoms with Crippen LogP contribution in [-0.2, 0) is 33.9 Å². The van der Waals surface area contributed by atoms with Crippen molar-refractivity contribution in [2.75, 3.05) is 5.75 Å². The Balaban J connectivity index is 2.14. The van der Waals surface area contributed by atoms with Crippen LogP contribution in [-0.4, -0.2) is 39.6 Å². The van der Waals surface area contributed by atoms with E-state index in [9.17, 15) is 26.4 Å². The lowest BCUT2D eigenvalue weighted by Gasteiger charge is -2.11. The normalized spacial score (nSPS) is 12.4. The van der Waals surface area contributed by atoms with Gasteiger partial charge in [-0.1, -0.05) is 11.6 Å². The molecule has 0 aliphatic carbocycles. The largest absolute Gasteiger partial charge is 0.435 e. The number of fused-ring (bicyclic) bond motifs is 1. The molecule has 0 unspecified atom stereocenters. The molecule has 0 bridgehead atoms. The van der Waals surface area contributed by atoms with Gasteiger partial charge in [0.25, 0.3) is 0 Å². The maximum absolute atomic E-state index is 13.5. The summed E-state index contributed by atoms with van der Waals surface area (Å²) in [5, 5.41) is 4.41. The Hall–Kier alpha value is -2.80. The Labute approximate surface area is 166 Å². The van der Waals surface area contributed by atoms with Crippen LogP contribution in [0, 0.1) is 0 Å². The first kappa shape index (κ1) is 20.9. The SMILES string of the molecule is Cn1nc(C(F)(F)F)c(CCS(=O)(=O)OC(N)=O)c1-n1ccc2cc(Cl)cnc21. The van der Waals surface area contributed by atoms with E-state index < -0.39 is 45.8 Å². The van der Waals surface area contributed by atoms with Crippen LogP contribution in [0.3, 0.4) is 0 Å². The summed E-state index contributed by atoms with van der Waals surface area (Å²) in [7, 11) is -3.20. The predicted octanol–water partition coefficient (Wildman–Crippen LogP) is 2.40. The van der Waals surface area contributed by atoms with Crippen molar-refractivity contribution in [3.05, 3.63) is 40.8 Å². The number of carbonyl (C=O) groups excluding carboxylic acids is 1. The summed E-state index contributed by atoms with van der Waals surface area (Å²) in [4.78, 5) is 14.8. The predicted molar refractivity (Wildman–Crippen MR) is 96.0 cm³/mol. The number of primary amides is 1. The minimum absolute atomic E-state index is 0.0450. The van der Waals surface area contributed by atoms with Crippen molar-refractivity contribution in [2.45, 2.75) is 12.6 Å². The van der Waals surface area contributed by atoms with Crippen molar-refractivity contribution in [1.29, 1.82) is 0 Å². The zero-order valence-electron chi connectivity index (χ0n) is 14.6. The van der Waals surface area contributed by atoms with E-state index in [2.05, 4.69) is 20.0 Å². The van der Waals surface area contributed by atoms with Crippen molar-refractivity contribution in [2.24, 2.45) is 12.8 Å². The molecule has 0 radical (unpaired) electrons. The van der Waals surface area contributed by atoms with Crippen LogP contribution in [0.15, 0.2) is 24.5 Å². The smallest absolute Gasteiger partial charge is 0.334 e. The van der Waals surface area contributed by atoms with E-state index >= 15 is 0 Å². The number of aryl methyl sites for hydroxylation is 1. The number of aromatic nitrogens is 4. The molecule has 0 aromatic carbocycles. The van der Waals surface area contributed by atoms with Crippen molar-refractivity contribution >= 4 is 38.8 Å². The van der Waals surface area contributed by atoms with Gasteiger partial charge in [-0.3, -0.25) is 9.25 Å². The van der Waals surface area contributed by atoms with Gasteiger partial charge in [0.05, 0.1) is 10.8 Å². The van der Waals surface area contributed by atoms with E-state index in [0.29, 0.717) is 16.1 Å². The van der Waals surface area contributed by atoms with Crippen molar-refractivity contribution in [3.63, 3.8) is 0 Å². The standard InChI is InChI=1S/C15H13ClF3N5O4S/c1-23-13(24-4-2-8-6-9(16)7-21-12(8)24)10(11(22-23)15(17,18)19)3-5-29(26,27)28-14(20)25/h2,4,6-7H,3,5H2,1H3,(H2,20,25). The van der Waals surface area contributed by atoms with E-state index in [4.69, 9.17) is 11.6 Å². The van der Waals surface area contributed by atoms with E-state index in [1.165, 1.54) is 24.0 Å². The second-order valence-corrected chi connectivity index (χ2v) is 8.07. The maximum Gasteiger partial charge on any atom is 0.435 e. The molecule has 3 heterocycles. The number of amides is 1. The fourth-order valence-corrected chi connectivity index (χ4v) is 3.83. The van der Waals surface area contributed by atoms with Crippen LogP contribution in [0.4, 0.5) is 18.0 Å². The molecular formula is C15H13ClF3N5O4S. The Bertz CT molecular complexity index is 1200. The molecule has 0 aliphatic heterocycles. The van der Waals surface area contributed by atoms with E-state index in [0.717, 1.165) is 4.68 Å². The zero-order valence-corrected chi connectivity index (χ0v) is 16.2. The molecule has 0 saturated carbocycles. The minimum atomic E-state index is -4.85. The first-order valence-electron chi connectivity index (χ1n) is 7.86. The molecule has 3 aromatic rings. The molecular weight excluding hydrogens is 439 g/mol. The molecule has 2 N–H and O–H groups in total. The number of halogens is 4. The molecule has 3 aromatic heterocycles. The van der Waals surface area contributed by atoms with E-state index in [1.54, 1.807) is 12.1 Å². The molecule has 156 valence electrons. The molecule has 29 heavy (non-hydrogen) atoms. The number of pyridine rings is 1. The van der Waals surface area contributed by atoms with Crippen LogP contribution in [0.2, 0.25) is 5.02 Å². The van der Waals surface area contributed by atoms with Gasteiger partial charge in [-0.05, 0) is 18.6 Å². The van der Waals surface area contributed by atoms with Crippen LogP contribution >= 0.6 is 11.6 Å². The average molecular weight is 452 g/mol. The molecule has 0 spiro atoms. The maximum atomic E-state index is 13.5. The number of nitrogens with two attached hydrogens (primary N) is 1. The lowest BCUT2D eigenvalue weighted by Crippen LogP contribution is -2.22. The number of alkyl halides is 3. The second-order valence-electron chi connectivity index (χ2n) is 5.94. The van der Waals surface area contributed by atoms with Crippen LogP contribution in [0.25, 0.3) is 16.9 Å². The fourth-order valence-electron chi connectivity index (χ4n) is 2.88. The molecule has 0 aliphatic rings.